The Labute approximate surface area is 99.6 Å². The molecule has 0 aromatic rings. The van der Waals surface area contributed by atoms with E-state index in [-0.39, 0.29) is 0 Å². The van der Waals surface area contributed by atoms with Crippen molar-refractivity contribution in [2.24, 2.45) is 5.92 Å². The number of nitrogens with zero attached hydrogens (tertiary/aromatic N) is 1. The van der Waals surface area contributed by atoms with Crippen LogP contribution in [0.4, 0.5) is 0 Å². The van der Waals surface area contributed by atoms with Crippen LogP contribution in [0.25, 0.3) is 0 Å². The van der Waals surface area contributed by atoms with E-state index >= 15 is 0 Å². The Kier molecular flexibility index (Phi) is 5.26. The molecule has 0 aromatic heterocycles. The molecule has 1 saturated heterocycles. The van der Waals surface area contributed by atoms with Gasteiger partial charge in [0.2, 0.25) is 5.91 Å². The first kappa shape index (κ1) is 13.5. The molecular formula is C13H26N2O. The third-order valence-electron chi connectivity index (χ3n) is 3.42. The number of carbonyl (C=O) groups is 1. The quantitative estimate of drug-likeness (QED) is 0.778. The van der Waals surface area contributed by atoms with E-state index in [0.717, 1.165) is 13.1 Å². The van der Waals surface area contributed by atoms with Gasteiger partial charge in [-0.15, -0.1) is 0 Å². The molecule has 2 atom stereocenters. The van der Waals surface area contributed by atoms with Crippen LogP contribution in [0, 0.1) is 5.92 Å². The molecule has 0 radical (unpaired) electrons. The summed E-state index contributed by atoms with van der Waals surface area (Å²) < 4.78 is 0. The minimum Gasteiger partial charge on any atom is -0.339 e. The zero-order valence-electron chi connectivity index (χ0n) is 11.1. The van der Waals surface area contributed by atoms with Crippen LogP contribution in [-0.2, 0) is 4.79 Å². The van der Waals surface area contributed by atoms with Gasteiger partial charge in [0.1, 0.15) is 0 Å². The monoisotopic (exact) mass is 226 g/mol. The molecule has 0 bridgehead atoms. The van der Waals surface area contributed by atoms with Crippen molar-refractivity contribution in [3.63, 3.8) is 0 Å². The highest BCUT2D eigenvalue weighted by molar-refractivity contribution is 5.77. The van der Waals surface area contributed by atoms with Gasteiger partial charge < -0.3 is 10.2 Å². The van der Waals surface area contributed by atoms with E-state index in [1.165, 1.54) is 12.8 Å². The third-order valence-corrected chi connectivity index (χ3v) is 3.42. The Morgan fingerprint density at radius 2 is 2.12 bits per heavy atom. The molecule has 1 rings (SSSR count). The highest BCUT2D eigenvalue weighted by atomic mass is 16.2. The maximum atomic E-state index is 12.1. The second-order valence-electron chi connectivity index (χ2n) is 5.20. The molecule has 1 aliphatic rings. The van der Waals surface area contributed by atoms with Gasteiger partial charge in [-0.3, -0.25) is 4.79 Å². The molecule has 3 heteroatoms. The Hall–Kier alpha value is -0.570. The average molecular weight is 226 g/mol. The molecule has 1 amide bonds. The van der Waals surface area contributed by atoms with Crippen molar-refractivity contribution >= 4 is 5.91 Å². The first-order chi connectivity index (χ1) is 7.56. The first-order valence-corrected chi connectivity index (χ1v) is 6.59. The molecule has 2 unspecified atom stereocenters. The first-order valence-electron chi connectivity index (χ1n) is 6.59. The molecule has 3 nitrogen and oxygen atoms in total. The van der Waals surface area contributed by atoms with Crippen molar-refractivity contribution in [3.05, 3.63) is 0 Å². The highest BCUT2D eigenvalue weighted by Crippen LogP contribution is 2.24. The molecule has 0 spiro atoms. The normalized spacial score (nSPS) is 22.8. The SMILES string of the molecule is CCNC(C)CC(=O)N1CCCC1C(C)C. The molecule has 94 valence electrons. The molecule has 1 fully saturated rings. The predicted molar refractivity (Wildman–Crippen MR) is 67.3 cm³/mol. The van der Waals surface area contributed by atoms with Gasteiger partial charge in [0.15, 0.2) is 0 Å². The van der Waals surface area contributed by atoms with Crippen LogP contribution in [0.2, 0.25) is 0 Å². The number of hydrogen-bond acceptors (Lipinski definition) is 2. The third kappa shape index (κ3) is 3.48. The summed E-state index contributed by atoms with van der Waals surface area (Å²) in [4.78, 5) is 14.2. The van der Waals surface area contributed by atoms with E-state index in [9.17, 15) is 4.79 Å². The van der Waals surface area contributed by atoms with Crippen LogP contribution < -0.4 is 5.32 Å². The Morgan fingerprint density at radius 1 is 1.44 bits per heavy atom. The summed E-state index contributed by atoms with van der Waals surface area (Å²) in [6.07, 6.45) is 2.99. The minimum atomic E-state index is 0.297. The second kappa shape index (κ2) is 6.24. The highest BCUT2D eigenvalue weighted by Gasteiger charge is 2.30. The molecule has 1 N–H and O–H groups in total. The van der Waals surface area contributed by atoms with E-state index < -0.39 is 0 Å². The zero-order valence-corrected chi connectivity index (χ0v) is 11.1. The van der Waals surface area contributed by atoms with Gasteiger partial charge in [0.05, 0.1) is 0 Å². The lowest BCUT2D eigenvalue weighted by Crippen LogP contribution is -2.41. The molecule has 1 aliphatic heterocycles. The summed E-state index contributed by atoms with van der Waals surface area (Å²) in [5.41, 5.74) is 0. The number of nitrogens with one attached hydrogen (secondary N) is 1. The molecule has 1 heterocycles. The number of rotatable bonds is 5. The van der Waals surface area contributed by atoms with E-state index in [2.05, 4.69) is 37.9 Å². The predicted octanol–water partition coefficient (Wildman–Crippen LogP) is 2.02. The average Bonchev–Trinajstić information content (AvgIpc) is 2.65. The van der Waals surface area contributed by atoms with Gasteiger partial charge in [-0.2, -0.15) is 0 Å². The van der Waals surface area contributed by atoms with Crippen molar-refractivity contribution in [1.82, 2.24) is 10.2 Å². The van der Waals surface area contributed by atoms with Crippen molar-refractivity contribution < 1.29 is 4.79 Å². The standard InChI is InChI=1S/C13H26N2O/c1-5-14-11(4)9-13(16)15-8-6-7-12(15)10(2)3/h10-12,14H,5-9H2,1-4H3. The van der Waals surface area contributed by atoms with Crippen LogP contribution in [0.1, 0.15) is 47.0 Å². The van der Waals surface area contributed by atoms with Gasteiger partial charge in [-0.25, -0.2) is 0 Å². The summed E-state index contributed by atoms with van der Waals surface area (Å²) in [5, 5.41) is 3.30. The fourth-order valence-electron chi connectivity index (χ4n) is 2.60. The fraction of sp³-hybridized carbons (Fsp3) is 0.923. The van der Waals surface area contributed by atoms with Crippen LogP contribution in [-0.4, -0.2) is 36.0 Å². The van der Waals surface area contributed by atoms with Crippen LogP contribution >= 0.6 is 0 Å². The maximum Gasteiger partial charge on any atom is 0.224 e. The molecule has 0 saturated carbocycles. The summed E-state index contributed by atoms with van der Waals surface area (Å²) in [6.45, 7) is 10.5. The van der Waals surface area contributed by atoms with Crippen LogP contribution in [0.15, 0.2) is 0 Å². The maximum absolute atomic E-state index is 12.1. The molecular weight excluding hydrogens is 200 g/mol. The van der Waals surface area contributed by atoms with Crippen LogP contribution in [0.5, 0.6) is 0 Å². The van der Waals surface area contributed by atoms with Gasteiger partial charge in [0.25, 0.3) is 0 Å². The lowest BCUT2D eigenvalue weighted by atomic mass is 10.0. The van der Waals surface area contributed by atoms with Crippen molar-refractivity contribution in [2.75, 3.05) is 13.1 Å². The molecule has 0 aliphatic carbocycles. The smallest absolute Gasteiger partial charge is 0.224 e. The summed E-state index contributed by atoms with van der Waals surface area (Å²) in [6, 6.07) is 0.771. The van der Waals surface area contributed by atoms with Gasteiger partial charge >= 0.3 is 0 Å². The van der Waals surface area contributed by atoms with Gasteiger partial charge in [0, 0.05) is 25.0 Å². The number of hydrogen-bond donors (Lipinski definition) is 1. The summed E-state index contributed by atoms with van der Waals surface area (Å²) >= 11 is 0. The van der Waals surface area contributed by atoms with Crippen molar-refractivity contribution in [3.8, 4) is 0 Å². The minimum absolute atomic E-state index is 0.297. The van der Waals surface area contributed by atoms with Gasteiger partial charge in [-0.05, 0) is 32.2 Å². The summed E-state index contributed by atoms with van der Waals surface area (Å²) in [5.74, 6) is 0.908. The number of likely N-dealkylation sites (tertiary alicyclic amines) is 1. The second-order valence-corrected chi connectivity index (χ2v) is 5.20. The van der Waals surface area contributed by atoms with E-state index in [1.54, 1.807) is 0 Å². The number of carbonyl (C=O) groups excluding carboxylic acids is 1. The largest absolute Gasteiger partial charge is 0.339 e. The van der Waals surface area contributed by atoms with E-state index in [4.69, 9.17) is 0 Å². The summed E-state index contributed by atoms with van der Waals surface area (Å²) in [7, 11) is 0. The van der Waals surface area contributed by atoms with Gasteiger partial charge in [-0.1, -0.05) is 20.8 Å². The molecule has 0 aromatic carbocycles. The van der Waals surface area contributed by atoms with E-state index in [1.807, 2.05) is 0 Å². The van der Waals surface area contributed by atoms with Crippen molar-refractivity contribution in [2.45, 2.75) is 59.0 Å². The topological polar surface area (TPSA) is 32.3 Å². The Bertz CT molecular complexity index is 228. The Morgan fingerprint density at radius 3 is 2.69 bits per heavy atom. The van der Waals surface area contributed by atoms with Crippen LogP contribution in [0.3, 0.4) is 0 Å². The van der Waals surface area contributed by atoms with Crippen molar-refractivity contribution in [1.29, 1.82) is 0 Å². The van der Waals surface area contributed by atoms with E-state index in [0.29, 0.717) is 30.3 Å². The lowest BCUT2D eigenvalue weighted by Gasteiger charge is -2.28. The number of amides is 1. The Balaban J connectivity index is 2.46. The zero-order chi connectivity index (χ0) is 12.1. The molecule has 16 heavy (non-hydrogen) atoms. The lowest BCUT2D eigenvalue weighted by molar-refractivity contribution is -0.133. The fourth-order valence-corrected chi connectivity index (χ4v) is 2.60.